The second-order valence-corrected chi connectivity index (χ2v) is 12.0. The average molecular weight is 601 g/mol. The Bertz CT molecular complexity index is 1200. The first-order chi connectivity index (χ1) is 19.6. The molecule has 8 nitrogen and oxygen atoms in total. The van der Waals surface area contributed by atoms with Crippen LogP contribution in [0.2, 0.25) is 0 Å². The molecule has 0 aromatic heterocycles. The molecule has 0 spiro atoms. The predicted molar refractivity (Wildman–Crippen MR) is 155 cm³/mol. The van der Waals surface area contributed by atoms with E-state index in [2.05, 4.69) is 33.7 Å². The van der Waals surface area contributed by atoms with Crippen LogP contribution in [0.3, 0.4) is 0 Å². The number of morpholine rings is 1. The fourth-order valence-corrected chi connectivity index (χ4v) is 5.51. The number of rotatable bonds is 16. The van der Waals surface area contributed by atoms with Gasteiger partial charge in [0.05, 0.1) is 24.5 Å². The zero-order valence-electron chi connectivity index (χ0n) is 24.2. The molecule has 0 unspecified atom stereocenters. The molecule has 12 heteroatoms. The van der Waals surface area contributed by atoms with Crippen LogP contribution in [-0.2, 0) is 27.5 Å². The van der Waals surface area contributed by atoms with E-state index in [0.29, 0.717) is 45.1 Å². The predicted octanol–water partition coefficient (Wildman–Crippen LogP) is 5.23. The first-order valence-electron chi connectivity index (χ1n) is 14.3. The number of nitrogens with one attached hydrogen (secondary N) is 2. The third-order valence-corrected chi connectivity index (χ3v) is 8.40. The molecule has 1 saturated heterocycles. The summed E-state index contributed by atoms with van der Waals surface area (Å²) in [5.74, 6) is -0.0705. The minimum atomic E-state index is -4.56. The van der Waals surface area contributed by atoms with Crippen LogP contribution in [0, 0.1) is 0 Å². The molecule has 230 valence electrons. The molecule has 0 atom stereocenters. The van der Waals surface area contributed by atoms with Crippen molar-refractivity contribution in [2.75, 3.05) is 64.4 Å². The van der Waals surface area contributed by atoms with Gasteiger partial charge in [0.1, 0.15) is 10.6 Å². The van der Waals surface area contributed by atoms with Crippen LogP contribution < -0.4 is 19.7 Å². The van der Waals surface area contributed by atoms with Gasteiger partial charge in [-0.15, -0.1) is 0 Å². The van der Waals surface area contributed by atoms with Crippen LogP contribution >= 0.6 is 0 Å². The SMILES string of the molecule is CCCCN(CCCC)c1cc(CNCCN2CCOCC2)cc(S(=O)(=O)NC)c1Oc1cccc(C(F)(F)F)c1. The molecule has 3 rings (SSSR count). The van der Waals surface area contributed by atoms with E-state index in [0.717, 1.165) is 63.0 Å². The van der Waals surface area contributed by atoms with Gasteiger partial charge in [-0.1, -0.05) is 32.8 Å². The number of ether oxygens (including phenoxy) is 2. The van der Waals surface area contributed by atoms with E-state index in [1.54, 1.807) is 0 Å². The molecule has 2 N–H and O–H groups in total. The maximum atomic E-state index is 13.4. The molecule has 1 fully saturated rings. The minimum Gasteiger partial charge on any atom is -0.454 e. The molecule has 1 aliphatic rings. The number of benzene rings is 2. The van der Waals surface area contributed by atoms with Gasteiger partial charge < -0.3 is 19.7 Å². The molecule has 2 aromatic carbocycles. The summed E-state index contributed by atoms with van der Waals surface area (Å²) in [4.78, 5) is 4.28. The number of hydrogen-bond acceptors (Lipinski definition) is 7. The summed E-state index contributed by atoms with van der Waals surface area (Å²) in [6.45, 7) is 10.6. The number of hydrogen-bond donors (Lipinski definition) is 2. The highest BCUT2D eigenvalue weighted by Crippen LogP contribution is 2.41. The normalized spacial score (nSPS) is 14.8. The summed E-state index contributed by atoms with van der Waals surface area (Å²) in [7, 11) is -2.72. The average Bonchev–Trinajstić information content (AvgIpc) is 2.96. The Hall–Kier alpha value is -2.38. The zero-order chi connectivity index (χ0) is 29.9. The maximum Gasteiger partial charge on any atom is 0.416 e. The van der Waals surface area contributed by atoms with Gasteiger partial charge in [-0.05, 0) is 55.8 Å². The van der Waals surface area contributed by atoms with E-state index < -0.39 is 21.8 Å². The molecular formula is C29H43F3N4O4S. The Kier molecular flexibility index (Phi) is 12.7. The van der Waals surface area contributed by atoms with Crippen LogP contribution in [0.4, 0.5) is 18.9 Å². The van der Waals surface area contributed by atoms with Crippen molar-refractivity contribution in [1.82, 2.24) is 14.9 Å². The number of nitrogens with zero attached hydrogens (tertiary/aromatic N) is 2. The third kappa shape index (κ3) is 9.85. The van der Waals surface area contributed by atoms with Crippen molar-refractivity contribution in [2.45, 2.75) is 57.1 Å². The van der Waals surface area contributed by atoms with Crippen molar-refractivity contribution in [1.29, 1.82) is 0 Å². The van der Waals surface area contributed by atoms with Crippen molar-refractivity contribution in [3.8, 4) is 11.5 Å². The van der Waals surface area contributed by atoms with Crippen molar-refractivity contribution < 1.29 is 31.1 Å². The van der Waals surface area contributed by atoms with Crippen LogP contribution in [0.25, 0.3) is 0 Å². The van der Waals surface area contributed by atoms with E-state index in [-0.39, 0.29) is 16.4 Å². The largest absolute Gasteiger partial charge is 0.454 e. The van der Waals surface area contributed by atoms with E-state index in [4.69, 9.17) is 9.47 Å². The lowest BCUT2D eigenvalue weighted by Gasteiger charge is -2.29. The van der Waals surface area contributed by atoms with Gasteiger partial charge >= 0.3 is 6.18 Å². The van der Waals surface area contributed by atoms with Crippen LogP contribution in [0.1, 0.15) is 50.7 Å². The van der Waals surface area contributed by atoms with E-state index in [9.17, 15) is 21.6 Å². The van der Waals surface area contributed by atoms with Gasteiger partial charge in [0.2, 0.25) is 10.0 Å². The van der Waals surface area contributed by atoms with Crippen molar-refractivity contribution >= 4 is 15.7 Å². The number of unbranched alkanes of at least 4 members (excludes halogenated alkanes) is 2. The highest BCUT2D eigenvalue weighted by atomic mass is 32.2. The second kappa shape index (κ2) is 15.7. The highest BCUT2D eigenvalue weighted by Gasteiger charge is 2.31. The summed E-state index contributed by atoms with van der Waals surface area (Å²) < 4.78 is 80.8. The lowest BCUT2D eigenvalue weighted by molar-refractivity contribution is -0.137. The van der Waals surface area contributed by atoms with E-state index in [1.807, 2.05) is 6.07 Å². The fourth-order valence-electron chi connectivity index (χ4n) is 4.59. The smallest absolute Gasteiger partial charge is 0.416 e. The first kappa shape index (κ1) is 33.1. The number of anilines is 1. The molecule has 0 aliphatic carbocycles. The van der Waals surface area contributed by atoms with Gasteiger partial charge in [0.15, 0.2) is 5.75 Å². The standard InChI is InChI=1S/C29H43F3N4O4S/c1-4-6-12-36(13-7-5-2)26-19-23(22-34-11-14-35-15-17-39-18-16-35)20-27(41(37,38)33-3)28(26)40-25-10-8-9-24(21-25)29(30,31)32/h8-10,19-21,33-34H,4-7,11-18,22H2,1-3H3. The first-order valence-corrected chi connectivity index (χ1v) is 15.8. The molecule has 2 aromatic rings. The Morgan fingerprint density at radius 2 is 1.73 bits per heavy atom. The summed E-state index contributed by atoms with van der Waals surface area (Å²) in [5.41, 5.74) is 0.417. The van der Waals surface area contributed by atoms with Crippen LogP contribution in [0.15, 0.2) is 41.3 Å². The Balaban J connectivity index is 2.03. The van der Waals surface area contributed by atoms with Crippen LogP contribution in [0.5, 0.6) is 11.5 Å². The Morgan fingerprint density at radius 3 is 2.34 bits per heavy atom. The summed E-state index contributed by atoms with van der Waals surface area (Å²) in [6, 6.07) is 7.94. The second-order valence-electron chi connectivity index (χ2n) is 10.1. The van der Waals surface area contributed by atoms with Crippen LogP contribution in [-0.4, -0.2) is 72.8 Å². The Labute approximate surface area is 242 Å². The van der Waals surface area contributed by atoms with Crippen molar-refractivity contribution in [3.63, 3.8) is 0 Å². The maximum absolute atomic E-state index is 13.4. The monoisotopic (exact) mass is 600 g/mol. The summed E-state index contributed by atoms with van der Waals surface area (Å²) in [5, 5.41) is 3.41. The lowest BCUT2D eigenvalue weighted by atomic mass is 10.1. The molecule has 0 saturated carbocycles. The molecular weight excluding hydrogens is 557 g/mol. The number of halogens is 3. The zero-order valence-corrected chi connectivity index (χ0v) is 25.0. The van der Waals surface area contributed by atoms with Gasteiger partial charge in [0, 0.05) is 45.8 Å². The molecule has 0 radical (unpaired) electrons. The third-order valence-electron chi connectivity index (χ3n) is 6.98. The highest BCUT2D eigenvalue weighted by molar-refractivity contribution is 7.89. The molecule has 0 amide bonds. The quantitative estimate of drug-likeness (QED) is 0.255. The molecule has 41 heavy (non-hydrogen) atoms. The van der Waals surface area contributed by atoms with Crippen molar-refractivity contribution in [2.24, 2.45) is 0 Å². The van der Waals surface area contributed by atoms with Crippen molar-refractivity contribution in [3.05, 3.63) is 47.5 Å². The topological polar surface area (TPSA) is 83.1 Å². The van der Waals surface area contributed by atoms with Gasteiger partial charge in [-0.25, -0.2) is 13.1 Å². The van der Waals surface area contributed by atoms with E-state index >= 15 is 0 Å². The Morgan fingerprint density at radius 1 is 1.05 bits per heavy atom. The molecule has 1 aliphatic heterocycles. The lowest BCUT2D eigenvalue weighted by Crippen LogP contribution is -2.40. The number of sulfonamides is 1. The van der Waals surface area contributed by atoms with Gasteiger partial charge in [0.25, 0.3) is 0 Å². The summed E-state index contributed by atoms with van der Waals surface area (Å²) >= 11 is 0. The van der Waals surface area contributed by atoms with E-state index in [1.165, 1.54) is 25.2 Å². The summed E-state index contributed by atoms with van der Waals surface area (Å²) in [6.07, 6.45) is -0.980. The molecule has 0 bridgehead atoms. The fraction of sp³-hybridized carbons (Fsp3) is 0.586. The van der Waals surface area contributed by atoms with Gasteiger partial charge in [-0.3, -0.25) is 4.90 Å². The molecule has 1 heterocycles. The number of alkyl halides is 3. The minimum absolute atomic E-state index is 0.0166. The van der Waals surface area contributed by atoms with Gasteiger partial charge in [-0.2, -0.15) is 13.2 Å².